The first kappa shape index (κ1) is 12.5. The van der Waals surface area contributed by atoms with Crippen molar-refractivity contribution in [3.63, 3.8) is 0 Å². The Morgan fingerprint density at radius 1 is 0.833 bits per heavy atom. The molecule has 0 heterocycles. The van der Waals surface area contributed by atoms with E-state index in [2.05, 4.69) is 61.7 Å². The van der Waals surface area contributed by atoms with Gasteiger partial charge in [-0.05, 0) is 50.1 Å². The molecule has 0 aliphatic rings. The second-order valence-electron chi connectivity index (χ2n) is 4.73. The highest BCUT2D eigenvalue weighted by molar-refractivity contribution is 5.69. The van der Waals surface area contributed by atoms with Crippen LogP contribution in [-0.2, 0) is 0 Å². The maximum atomic E-state index is 3.50. The zero-order valence-corrected chi connectivity index (χ0v) is 11.5. The Bertz CT molecular complexity index is 536. The van der Waals surface area contributed by atoms with Crippen molar-refractivity contribution in [3.05, 3.63) is 53.1 Å². The molecule has 2 rings (SSSR count). The molecule has 0 bridgehead atoms. The van der Waals surface area contributed by atoms with Gasteiger partial charge in [0.05, 0.1) is 0 Å². The predicted octanol–water partition coefficient (Wildman–Crippen LogP) is 4.40. The van der Waals surface area contributed by atoms with Crippen LogP contribution in [0.1, 0.15) is 16.7 Å². The Labute approximate surface area is 109 Å². The van der Waals surface area contributed by atoms with E-state index < -0.39 is 0 Å². The van der Waals surface area contributed by atoms with Crippen LogP contribution < -0.4 is 10.6 Å². The van der Waals surface area contributed by atoms with Crippen molar-refractivity contribution >= 4 is 17.1 Å². The maximum Gasteiger partial charge on any atom is 0.0443 e. The summed E-state index contributed by atoms with van der Waals surface area (Å²) in [5.41, 5.74) is 7.29. The molecule has 0 aliphatic heterocycles. The lowest BCUT2D eigenvalue weighted by atomic mass is 10.0. The van der Waals surface area contributed by atoms with E-state index in [1.807, 2.05) is 13.1 Å². The topological polar surface area (TPSA) is 24.1 Å². The Morgan fingerprint density at radius 2 is 1.44 bits per heavy atom. The number of hydrogen-bond acceptors (Lipinski definition) is 2. The summed E-state index contributed by atoms with van der Waals surface area (Å²) < 4.78 is 0. The first-order chi connectivity index (χ1) is 8.60. The van der Waals surface area contributed by atoms with Crippen molar-refractivity contribution in [2.45, 2.75) is 20.8 Å². The predicted molar refractivity (Wildman–Crippen MR) is 79.9 cm³/mol. The minimum atomic E-state index is 1.11. The number of rotatable bonds is 3. The van der Waals surface area contributed by atoms with Gasteiger partial charge in [0.2, 0.25) is 0 Å². The summed E-state index contributed by atoms with van der Waals surface area (Å²) in [5.74, 6) is 0. The highest BCUT2D eigenvalue weighted by atomic mass is 14.9. The van der Waals surface area contributed by atoms with Gasteiger partial charge in [-0.25, -0.2) is 0 Å². The molecule has 2 N–H and O–H groups in total. The van der Waals surface area contributed by atoms with Gasteiger partial charge in [-0.1, -0.05) is 23.8 Å². The molecule has 0 spiro atoms. The molecular weight excluding hydrogens is 220 g/mol. The van der Waals surface area contributed by atoms with Crippen LogP contribution in [0, 0.1) is 20.8 Å². The minimum Gasteiger partial charge on any atom is -0.388 e. The van der Waals surface area contributed by atoms with Crippen molar-refractivity contribution in [2.24, 2.45) is 0 Å². The monoisotopic (exact) mass is 240 g/mol. The summed E-state index contributed by atoms with van der Waals surface area (Å²) in [6.07, 6.45) is 0. The molecule has 0 fully saturated rings. The zero-order valence-electron chi connectivity index (χ0n) is 11.5. The molecule has 0 unspecified atom stereocenters. The Hall–Kier alpha value is -1.96. The quantitative estimate of drug-likeness (QED) is 0.831. The highest BCUT2D eigenvalue weighted by Crippen LogP contribution is 2.26. The molecule has 0 radical (unpaired) electrons. The van der Waals surface area contributed by atoms with Crippen LogP contribution >= 0.6 is 0 Å². The Kier molecular flexibility index (Phi) is 3.56. The molecule has 0 aliphatic carbocycles. The van der Waals surface area contributed by atoms with Crippen molar-refractivity contribution < 1.29 is 0 Å². The normalized spacial score (nSPS) is 10.2. The van der Waals surface area contributed by atoms with E-state index >= 15 is 0 Å². The fourth-order valence-corrected chi connectivity index (χ4v) is 2.27. The minimum absolute atomic E-state index is 1.11. The van der Waals surface area contributed by atoms with Crippen LogP contribution in [0.5, 0.6) is 0 Å². The largest absolute Gasteiger partial charge is 0.388 e. The SMILES string of the molecule is CNc1cccc(Nc2c(C)cc(C)cc2C)c1. The fourth-order valence-electron chi connectivity index (χ4n) is 2.27. The molecule has 2 nitrogen and oxygen atoms in total. The summed E-state index contributed by atoms with van der Waals surface area (Å²) >= 11 is 0. The lowest BCUT2D eigenvalue weighted by Crippen LogP contribution is -1.98. The third-order valence-corrected chi connectivity index (χ3v) is 3.10. The number of aryl methyl sites for hydroxylation is 3. The number of anilines is 3. The molecule has 0 aromatic heterocycles. The lowest BCUT2D eigenvalue weighted by molar-refractivity contribution is 1.31. The van der Waals surface area contributed by atoms with Crippen LogP contribution in [0.25, 0.3) is 0 Å². The second kappa shape index (κ2) is 5.13. The first-order valence-corrected chi connectivity index (χ1v) is 6.23. The standard InChI is InChI=1S/C16H20N2/c1-11-8-12(2)16(13(3)9-11)18-15-7-5-6-14(10-15)17-4/h5-10,17-18H,1-4H3. The zero-order chi connectivity index (χ0) is 13.1. The number of benzene rings is 2. The third kappa shape index (κ3) is 2.65. The summed E-state index contributed by atoms with van der Waals surface area (Å²) in [7, 11) is 1.93. The van der Waals surface area contributed by atoms with Gasteiger partial charge in [0, 0.05) is 24.1 Å². The Balaban J connectivity index is 2.33. The fraction of sp³-hybridized carbons (Fsp3) is 0.250. The lowest BCUT2D eigenvalue weighted by Gasteiger charge is -2.14. The van der Waals surface area contributed by atoms with Crippen molar-refractivity contribution in [1.82, 2.24) is 0 Å². The Morgan fingerprint density at radius 3 is 2.06 bits per heavy atom. The van der Waals surface area contributed by atoms with Gasteiger partial charge in [0.1, 0.15) is 0 Å². The highest BCUT2D eigenvalue weighted by Gasteiger charge is 2.04. The van der Waals surface area contributed by atoms with Crippen molar-refractivity contribution in [2.75, 3.05) is 17.7 Å². The van der Waals surface area contributed by atoms with E-state index in [9.17, 15) is 0 Å². The summed E-state index contributed by atoms with van der Waals surface area (Å²) in [4.78, 5) is 0. The van der Waals surface area contributed by atoms with E-state index in [1.165, 1.54) is 22.4 Å². The van der Waals surface area contributed by atoms with E-state index in [0.717, 1.165) is 11.4 Å². The molecule has 2 aromatic carbocycles. The summed E-state index contributed by atoms with van der Waals surface area (Å²) in [6, 6.07) is 12.7. The first-order valence-electron chi connectivity index (χ1n) is 6.23. The second-order valence-corrected chi connectivity index (χ2v) is 4.73. The van der Waals surface area contributed by atoms with E-state index in [-0.39, 0.29) is 0 Å². The van der Waals surface area contributed by atoms with Gasteiger partial charge >= 0.3 is 0 Å². The number of nitrogens with one attached hydrogen (secondary N) is 2. The van der Waals surface area contributed by atoms with E-state index in [4.69, 9.17) is 0 Å². The smallest absolute Gasteiger partial charge is 0.0443 e. The molecule has 2 aromatic rings. The van der Waals surface area contributed by atoms with Crippen LogP contribution in [0.2, 0.25) is 0 Å². The summed E-state index contributed by atoms with van der Waals surface area (Å²) in [6.45, 7) is 6.42. The van der Waals surface area contributed by atoms with Gasteiger partial charge in [-0.2, -0.15) is 0 Å². The van der Waals surface area contributed by atoms with Gasteiger partial charge in [0.25, 0.3) is 0 Å². The van der Waals surface area contributed by atoms with Crippen LogP contribution in [-0.4, -0.2) is 7.05 Å². The third-order valence-electron chi connectivity index (χ3n) is 3.10. The van der Waals surface area contributed by atoms with Crippen molar-refractivity contribution in [3.8, 4) is 0 Å². The average molecular weight is 240 g/mol. The van der Waals surface area contributed by atoms with Crippen LogP contribution in [0.3, 0.4) is 0 Å². The molecular formula is C16H20N2. The maximum absolute atomic E-state index is 3.50. The van der Waals surface area contributed by atoms with E-state index in [0.29, 0.717) is 0 Å². The molecule has 2 heteroatoms. The van der Waals surface area contributed by atoms with Crippen LogP contribution in [0.4, 0.5) is 17.1 Å². The molecule has 0 saturated heterocycles. The summed E-state index contributed by atoms with van der Waals surface area (Å²) in [5, 5.41) is 6.65. The van der Waals surface area contributed by atoms with Gasteiger partial charge < -0.3 is 10.6 Å². The van der Waals surface area contributed by atoms with Gasteiger partial charge in [-0.3, -0.25) is 0 Å². The van der Waals surface area contributed by atoms with Gasteiger partial charge in [0.15, 0.2) is 0 Å². The van der Waals surface area contributed by atoms with Crippen LogP contribution in [0.15, 0.2) is 36.4 Å². The average Bonchev–Trinajstić information content (AvgIpc) is 2.34. The molecule has 94 valence electrons. The molecule has 0 amide bonds. The molecule has 0 atom stereocenters. The van der Waals surface area contributed by atoms with Gasteiger partial charge in [-0.15, -0.1) is 0 Å². The molecule has 18 heavy (non-hydrogen) atoms. The molecule has 0 saturated carbocycles. The van der Waals surface area contributed by atoms with Crippen molar-refractivity contribution in [1.29, 1.82) is 0 Å². The number of hydrogen-bond donors (Lipinski definition) is 2. The van der Waals surface area contributed by atoms with E-state index in [1.54, 1.807) is 0 Å².